The van der Waals surface area contributed by atoms with E-state index in [0.717, 1.165) is 12.2 Å². The fourth-order valence-corrected chi connectivity index (χ4v) is 2.72. The SMILES string of the molecule is CCN(Cc1ccc(N(C)C)cc1)C(=S)Nc1ccc(F)c(Cl)c1. The molecule has 2 rings (SSSR count). The molecule has 0 spiro atoms. The van der Waals surface area contributed by atoms with Gasteiger partial charge in [0.25, 0.3) is 0 Å². The van der Waals surface area contributed by atoms with Gasteiger partial charge in [-0.1, -0.05) is 23.7 Å². The minimum atomic E-state index is -0.443. The molecule has 0 aromatic heterocycles. The van der Waals surface area contributed by atoms with Crippen LogP contribution in [0.15, 0.2) is 42.5 Å². The maximum atomic E-state index is 13.2. The highest BCUT2D eigenvalue weighted by Crippen LogP contribution is 2.20. The van der Waals surface area contributed by atoms with Crippen molar-refractivity contribution in [2.75, 3.05) is 30.9 Å². The van der Waals surface area contributed by atoms with Crippen LogP contribution in [0, 0.1) is 5.82 Å². The zero-order chi connectivity index (χ0) is 17.7. The fraction of sp³-hybridized carbons (Fsp3) is 0.278. The number of nitrogens with one attached hydrogen (secondary N) is 1. The van der Waals surface area contributed by atoms with Gasteiger partial charge in [-0.25, -0.2) is 4.39 Å². The van der Waals surface area contributed by atoms with E-state index >= 15 is 0 Å². The Morgan fingerprint density at radius 3 is 2.38 bits per heavy atom. The standard InChI is InChI=1S/C18H21ClFN3S/c1-4-23(12-13-5-8-15(9-6-13)22(2)3)18(24)21-14-7-10-17(20)16(19)11-14/h5-11H,4,12H2,1-3H3,(H,21,24). The van der Waals surface area contributed by atoms with Crippen molar-refractivity contribution < 1.29 is 4.39 Å². The van der Waals surface area contributed by atoms with Crippen molar-refractivity contribution in [2.24, 2.45) is 0 Å². The van der Waals surface area contributed by atoms with Crippen molar-refractivity contribution in [1.29, 1.82) is 0 Å². The maximum absolute atomic E-state index is 13.2. The van der Waals surface area contributed by atoms with Crippen molar-refractivity contribution in [3.05, 3.63) is 58.9 Å². The lowest BCUT2D eigenvalue weighted by Crippen LogP contribution is -2.34. The summed E-state index contributed by atoms with van der Waals surface area (Å²) in [5.41, 5.74) is 3.00. The first-order valence-electron chi connectivity index (χ1n) is 7.68. The monoisotopic (exact) mass is 365 g/mol. The molecule has 0 fully saturated rings. The van der Waals surface area contributed by atoms with E-state index in [1.54, 1.807) is 6.07 Å². The van der Waals surface area contributed by atoms with E-state index in [2.05, 4.69) is 34.5 Å². The minimum absolute atomic E-state index is 0.0742. The van der Waals surface area contributed by atoms with E-state index in [9.17, 15) is 4.39 Å². The third-order valence-corrected chi connectivity index (χ3v) is 4.32. The quantitative estimate of drug-likeness (QED) is 0.769. The predicted molar refractivity (Wildman–Crippen MR) is 104 cm³/mol. The summed E-state index contributed by atoms with van der Waals surface area (Å²) in [5, 5.41) is 3.76. The molecule has 2 aromatic carbocycles. The smallest absolute Gasteiger partial charge is 0.173 e. The highest BCUT2D eigenvalue weighted by atomic mass is 35.5. The van der Waals surface area contributed by atoms with E-state index in [4.69, 9.17) is 23.8 Å². The maximum Gasteiger partial charge on any atom is 0.173 e. The van der Waals surface area contributed by atoms with Crippen LogP contribution in [0.3, 0.4) is 0 Å². The Hall–Kier alpha value is -1.85. The first-order valence-corrected chi connectivity index (χ1v) is 8.46. The molecular weight excluding hydrogens is 345 g/mol. The summed E-state index contributed by atoms with van der Waals surface area (Å²) >= 11 is 11.3. The van der Waals surface area contributed by atoms with Gasteiger partial charge in [0.05, 0.1) is 5.02 Å². The molecule has 0 aliphatic carbocycles. The Balaban J connectivity index is 2.04. The van der Waals surface area contributed by atoms with Crippen LogP contribution in [0.25, 0.3) is 0 Å². The number of rotatable bonds is 5. The first kappa shape index (κ1) is 18.5. The summed E-state index contributed by atoms with van der Waals surface area (Å²) < 4.78 is 13.2. The molecule has 1 N–H and O–H groups in total. The summed E-state index contributed by atoms with van der Waals surface area (Å²) in [6, 6.07) is 12.8. The van der Waals surface area contributed by atoms with Gasteiger partial charge in [-0.2, -0.15) is 0 Å². The van der Waals surface area contributed by atoms with Crippen molar-refractivity contribution in [3.63, 3.8) is 0 Å². The lowest BCUT2D eigenvalue weighted by Gasteiger charge is -2.25. The van der Waals surface area contributed by atoms with E-state index in [1.807, 2.05) is 25.9 Å². The number of hydrogen-bond donors (Lipinski definition) is 1. The Bertz CT molecular complexity index is 704. The highest BCUT2D eigenvalue weighted by Gasteiger charge is 2.10. The number of benzene rings is 2. The molecule has 0 heterocycles. The Morgan fingerprint density at radius 2 is 1.83 bits per heavy atom. The molecule has 0 aliphatic heterocycles. The van der Waals surface area contributed by atoms with Crippen LogP contribution < -0.4 is 10.2 Å². The molecule has 6 heteroatoms. The van der Waals surface area contributed by atoms with E-state index < -0.39 is 5.82 Å². The van der Waals surface area contributed by atoms with E-state index in [0.29, 0.717) is 17.3 Å². The van der Waals surface area contributed by atoms with Gasteiger partial charge in [0.15, 0.2) is 5.11 Å². The van der Waals surface area contributed by atoms with Crippen molar-refractivity contribution in [3.8, 4) is 0 Å². The van der Waals surface area contributed by atoms with Crippen LogP contribution in [0.4, 0.5) is 15.8 Å². The number of hydrogen-bond acceptors (Lipinski definition) is 2. The number of halogens is 2. The molecule has 3 nitrogen and oxygen atoms in total. The van der Waals surface area contributed by atoms with Crippen molar-refractivity contribution >= 4 is 40.3 Å². The molecule has 24 heavy (non-hydrogen) atoms. The number of thiocarbonyl (C=S) groups is 1. The molecule has 0 amide bonds. The van der Waals surface area contributed by atoms with Gasteiger partial charge < -0.3 is 15.1 Å². The largest absolute Gasteiger partial charge is 0.378 e. The average Bonchev–Trinajstić information content (AvgIpc) is 2.56. The van der Waals surface area contributed by atoms with E-state index in [-0.39, 0.29) is 5.02 Å². The summed E-state index contributed by atoms with van der Waals surface area (Å²) in [6.07, 6.45) is 0. The topological polar surface area (TPSA) is 18.5 Å². The fourth-order valence-electron chi connectivity index (χ4n) is 2.22. The Morgan fingerprint density at radius 1 is 1.17 bits per heavy atom. The van der Waals surface area contributed by atoms with Crippen molar-refractivity contribution in [2.45, 2.75) is 13.5 Å². The minimum Gasteiger partial charge on any atom is -0.378 e. The summed E-state index contributed by atoms with van der Waals surface area (Å²) in [5.74, 6) is -0.443. The predicted octanol–water partition coefficient (Wildman–Crippen LogP) is 4.76. The summed E-state index contributed by atoms with van der Waals surface area (Å²) in [7, 11) is 4.03. The molecule has 0 unspecified atom stereocenters. The third kappa shape index (κ3) is 4.82. The average molecular weight is 366 g/mol. The summed E-state index contributed by atoms with van der Waals surface area (Å²) in [4.78, 5) is 4.10. The van der Waals surface area contributed by atoms with Gasteiger partial charge in [0.1, 0.15) is 5.82 Å². The molecule has 0 aliphatic rings. The normalized spacial score (nSPS) is 10.4. The molecule has 0 radical (unpaired) electrons. The third-order valence-electron chi connectivity index (χ3n) is 3.67. The van der Waals surface area contributed by atoms with Crippen LogP contribution in [0.1, 0.15) is 12.5 Å². The van der Waals surface area contributed by atoms with Gasteiger partial charge in [0, 0.05) is 38.6 Å². The number of nitrogens with zero attached hydrogens (tertiary/aromatic N) is 2. The second kappa shape index (κ2) is 8.31. The van der Waals surface area contributed by atoms with E-state index in [1.165, 1.54) is 17.7 Å². The molecular formula is C18H21ClFN3S. The van der Waals surface area contributed by atoms with Crippen LogP contribution in [0.2, 0.25) is 5.02 Å². The van der Waals surface area contributed by atoms with Gasteiger partial charge in [0.2, 0.25) is 0 Å². The second-order valence-electron chi connectivity index (χ2n) is 5.63. The van der Waals surface area contributed by atoms with Gasteiger partial charge in [-0.3, -0.25) is 0 Å². The van der Waals surface area contributed by atoms with Crippen LogP contribution in [0.5, 0.6) is 0 Å². The molecule has 0 saturated heterocycles. The zero-order valence-electron chi connectivity index (χ0n) is 14.0. The molecule has 0 saturated carbocycles. The lowest BCUT2D eigenvalue weighted by atomic mass is 10.2. The number of anilines is 2. The molecule has 2 aromatic rings. The highest BCUT2D eigenvalue weighted by molar-refractivity contribution is 7.80. The Labute approximate surface area is 153 Å². The zero-order valence-corrected chi connectivity index (χ0v) is 15.6. The van der Waals surface area contributed by atoms with Crippen LogP contribution in [-0.4, -0.2) is 30.7 Å². The lowest BCUT2D eigenvalue weighted by molar-refractivity contribution is 0.442. The Kier molecular flexibility index (Phi) is 6.40. The second-order valence-corrected chi connectivity index (χ2v) is 6.43. The van der Waals surface area contributed by atoms with Crippen molar-refractivity contribution in [1.82, 2.24) is 4.90 Å². The summed E-state index contributed by atoms with van der Waals surface area (Å²) in [6.45, 7) is 3.50. The van der Waals surface area contributed by atoms with Gasteiger partial charge in [-0.05, 0) is 55.0 Å². The van der Waals surface area contributed by atoms with Crippen LogP contribution in [-0.2, 0) is 6.54 Å². The van der Waals surface area contributed by atoms with Gasteiger partial charge >= 0.3 is 0 Å². The molecule has 0 bridgehead atoms. The van der Waals surface area contributed by atoms with Crippen LogP contribution >= 0.6 is 23.8 Å². The van der Waals surface area contributed by atoms with Gasteiger partial charge in [-0.15, -0.1) is 0 Å². The molecule has 0 atom stereocenters. The first-order chi connectivity index (χ1) is 11.4. The molecule has 128 valence electrons.